The Balaban J connectivity index is 1.80. The van der Waals surface area contributed by atoms with E-state index in [9.17, 15) is 14.4 Å². The van der Waals surface area contributed by atoms with Crippen LogP contribution in [0.5, 0.6) is 11.5 Å². The molecule has 0 saturated heterocycles. The number of carbonyl (C=O) groups excluding carboxylic acids is 3. The zero-order chi connectivity index (χ0) is 20.1. The first-order chi connectivity index (χ1) is 13.5. The topological polar surface area (TPSA) is 100 Å². The molecule has 1 amide bonds. The molecule has 1 N–H and O–H groups in total. The fraction of sp³-hybridized carbons (Fsp3) is 0.150. The summed E-state index contributed by atoms with van der Waals surface area (Å²) < 4.78 is 19.9. The lowest BCUT2D eigenvalue weighted by atomic mass is 10.1. The van der Waals surface area contributed by atoms with Crippen molar-refractivity contribution in [2.24, 2.45) is 0 Å². The van der Waals surface area contributed by atoms with E-state index in [0.717, 1.165) is 5.56 Å². The van der Waals surface area contributed by atoms with Crippen LogP contribution in [0.3, 0.4) is 0 Å². The summed E-state index contributed by atoms with van der Waals surface area (Å²) in [5.41, 5.74) is 1.16. The van der Waals surface area contributed by atoms with Crippen LogP contribution in [0.15, 0.2) is 42.5 Å². The standard InChI is InChI=1S/C20H17NO7/c1-25-19(23)13-5-6-14(20(24)26-2)15(10-13)21-18(22)8-4-12-3-7-16-17(9-12)28-11-27-16/h3-10H,11H2,1-2H3,(H,21,22)/b8-4+. The molecule has 0 spiro atoms. The summed E-state index contributed by atoms with van der Waals surface area (Å²) in [7, 11) is 2.46. The minimum atomic E-state index is -0.647. The van der Waals surface area contributed by atoms with Crippen molar-refractivity contribution in [2.45, 2.75) is 0 Å². The molecule has 0 unspecified atom stereocenters. The molecule has 0 aromatic heterocycles. The highest BCUT2D eigenvalue weighted by atomic mass is 16.7. The van der Waals surface area contributed by atoms with Gasteiger partial charge in [0.1, 0.15) is 0 Å². The summed E-state index contributed by atoms with van der Waals surface area (Å²) in [6.07, 6.45) is 2.88. The Morgan fingerprint density at radius 2 is 1.71 bits per heavy atom. The minimum Gasteiger partial charge on any atom is -0.465 e. The van der Waals surface area contributed by atoms with Crippen molar-refractivity contribution in [2.75, 3.05) is 26.3 Å². The predicted octanol–water partition coefficient (Wildman–Crippen LogP) is 2.64. The van der Waals surface area contributed by atoms with Crippen molar-refractivity contribution in [1.29, 1.82) is 0 Å². The Hall–Kier alpha value is -3.81. The van der Waals surface area contributed by atoms with E-state index in [1.807, 2.05) is 0 Å². The van der Waals surface area contributed by atoms with Gasteiger partial charge < -0.3 is 24.3 Å². The largest absolute Gasteiger partial charge is 0.465 e. The van der Waals surface area contributed by atoms with Crippen molar-refractivity contribution in [3.8, 4) is 11.5 Å². The van der Waals surface area contributed by atoms with Gasteiger partial charge in [0.25, 0.3) is 0 Å². The molecule has 2 aromatic rings. The molecule has 0 saturated carbocycles. The van der Waals surface area contributed by atoms with E-state index in [-0.39, 0.29) is 23.6 Å². The molecule has 0 bridgehead atoms. The van der Waals surface area contributed by atoms with Crippen LogP contribution in [0.1, 0.15) is 26.3 Å². The summed E-state index contributed by atoms with van der Waals surface area (Å²) in [6, 6.07) is 9.41. The number of amides is 1. The Labute approximate surface area is 160 Å². The maximum atomic E-state index is 12.3. The maximum absolute atomic E-state index is 12.3. The number of benzene rings is 2. The Morgan fingerprint density at radius 3 is 2.46 bits per heavy atom. The average Bonchev–Trinajstić information content (AvgIpc) is 3.19. The van der Waals surface area contributed by atoms with E-state index in [1.54, 1.807) is 24.3 Å². The second-order valence-electron chi connectivity index (χ2n) is 5.68. The first-order valence-corrected chi connectivity index (χ1v) is 8.21. The fourth-order valence-electron chi connectivity index (χ4n) is 2.54. The Bertz CT molecular complexity index is 965. The number of methoxy groups -OCH3 is 2. The highest BCUT2D eigenvalue weighted by molar-refractivity contribution is 6.07. The molecule has 8 nitrogen and oxygen atoms in total. The molecule has 3 rings (SSSR count). The summed E-state index contributed by atoms with van der Waals surface area (Å²) in [5.74, 6) is -0.496. The zero-order valence-electron chi connectivity index (χ0n) is 15.2. The lowest BCUT2D eigenvalue weighted by molar-refractivity contribution is -0.111. The quantitative estimate of drug-likeness (QED) is 0.626. The highest BCUT2D eigenvalue weighted by Gasteiger charge is 2.17. The molecular weight excluding hydrogens is 366 g/mol. The van der Waals surface area contributed by atoms with Gasteiger partial charge >= 0.3 is 11.9 Å². The van der Waals surface area contributed by atoms with Crippen LogP contribution in [0, 0.1) is 0 Å². The van der Waals surface area contributed by atoms with Gasteiger partial charge in [0, 0.05) is 6.08 Å². The van der Waals surface area contributed by atoms with Crippen LogP contribution in [-0.4, -0.2) is 38.9 Å². The number of hydrogen-bond acceptors (Lipinski definition) is 7. The van der Waals surface area contributed by atoms with Crippen LogP contribution < -0.4 is 14.8 Å². The zero-order valence-corrected chi connectivity index (χ0v) is 15.2. The third kappa shape index (κ3) is 4.12. The first kappa shape index (κ1) is 19.0. The van der Waals surface area contributed by atoms with Crippen molar-refractivity contribution < 1.29 is 33.3 Å². The summed E-state index contributed by atoms with van der Waals surface area (Å²) in [4.78, 5) is 36.0. The predicted molar refractivity (Wildman–Crippen MR) is 99.3 cm³/mol. The monoisotopic (exact) mass is 383 g/mol. The van der Waals surface area contributed by atoms with Gasteiger partial charge in [0.05, 0.1) is 31.0 Å². The number of ether oxygens (including phenoxy) is 4. The lowest BCUT2D eigenvalue weighted by Gasteiger charge is -2.10. The van der Waals surface area contributed by atoms with Gasteiger partial charge in [-0.05, 0) is 42.0 Å². The highest BCUT2D eigenvalue weighted by Crippen LogP contribution is 2.32. The van der Waals surface area contributed by atoms with Crippen LogP contribution in [-0.2, 0) is 14.3 Å². The summed E-state index contributed by atoms with van der Waals surface area (Å²) in [6.45, 7) is 0.163. The first-order valence-electron chi connectivity index (χ1n) is 8.21. The average molecular weight is 383 g/mol. The van der Waals surface area contributed by atoms with E-state index in [4.69, 9.17) is 14.2 Å². The SMILES string of the molecule is COC(=O)c1ccc(C(=O)OC)c(NC(=O)/C=C/c2ccc3c(c2)OCO3)c1. The molecule has 0 atom stereocenters. The molecule has 0 aliphatic carbocycles. The van der Waals surface area contributed by atoms with Gasteiger partial charge in [0.15, 0.2) is 11.5 Å². The van der Waals surface area contributed by atoms with Crippen molar-refractivity contribution in [3.05, 3.63) is 59.2 Å². The molecule has 8 heteroatoms. The number of fused-ring (bicyclic) bond motifs is 1. The number of carbonyl (C=O) groups is 3. The van der Waals surface area contributed by atoms with Crippen LogP contribution in [0.25, 0.3) is 6.08 Å². The molecule has 2 aromatic carbocycles. The summed E-state index contributed by atoms with van der Waals surface area (Å²) >= 11 is 0. The van der Waals surface area contributed by atoms with Gasteiger partial charge in [-0.15, -0.1) is 0 Å². The van der Waals surface area contributed by atoms with Crippen LogP contribution in [0.2, 0.25) is 0 Å². The van der Waals surface area contributed by atoms with Crippen molar-refractivity contribution >= 4 is 29.6 Å². The third-order valence-electron chi connectivity index (χ3n) is 3.93. The number of anilines is 1. The number of nitrogens with one attached hydrogen (secondary N) is 1. The normalized spacial score (nSPS) is 11.9. The molecule has 1 heterocycles. The number of esters is 2. The lowest BCUT2D eigenvalue weighted by Crippen LogP contribution is -2.14. The molecule has 28 heavy (non-hydrogen) atoms. The third-order valence-corrected chi connectivity index (χ3v) is 3.93. The number of rotatable bonds is 5. The van der Waals surface area contributed by atoms with Crippen LogP contribution in [0.4, 0.5) is 5.69 Å². The minimum absolute atomic E-state index is 0.111. The molecule has 1 aliphatic heterocycles. The Kier molecular flexibility index (Phi) is 5.59. The molecule has 1 aliphatic rings. The van der Waals surface area contributed by atoms with Gasteiger partial charge in [-0.1, -0.05) is 6.07 Å². The van der Waals surface area contributed by atoms with Gasteiger partial charge in [-0.2, -0.15) is 0 Å². The smallest absolute Gasteiger partial charge is 0.339 e. The van der Waals surface area contributed by atoms with Gasteiger partial charge in [-0.25, -0.2) is 9.59 Å². The summed E-state index contributed by atoms with van der Waals surface area (Å²) in [5, 5.41) is 2.58. The van der Waals surface area contributed by atoms with Crippen molar-refractivity contribution in [1.82, 2.24) is 0 Å². The van der Waals surface area contributed by atoms with E-state index < -0.39 is 17.8 Å². The van der Waals surface area contributed by atoms with E-state index in [0.29, 0.717) is 11.5 Å². The maximum Gasteiger partial charge on any atom is 0.339 e. The molecule has 0 fully saturated rings. The van der Waals surface area contributed by atoms with Crippen LogP contribution >= 0.6 is 0 Å². The fourth-order valence-corrected chi connectivity index (χ4v) is 2.54. The second kappa shape index (κ2) is 8.26. The van der Waals surface area contributed by atoms with E-state index >= 15 is 0 Å². The second-order valence-corrected chi connectivity index (χ2v) is 5.68. The Morgan fingerprint density at radius 1 is 0.964 bits per heavy atom. The number of hydrogen-bond donors (Lipinski definition) is 1. The molecule has 0 radical (unpaired) electrons. The van der Waals surface area contributed by atoms with Gasteiger partial charge in [-0.3, -0.25) is 4.79 Å². The van der Waals surface area contributed by atoms with Crippen molar-refractivity contribution in [3.63, 3.8) is 0 Å². The van der Waals surface area contributed by atoms with Gasteiger partial charge in [0.2, 0.25) is 12.7 Å². The molecule has 144 valence electrons. The van der Waals surface area contributed by atoms with E-state index in [1.165, 1.54) is 38.5 Å². The molecular formula is C20H17NO7. The van der Waals surface area contributed by atoms with E-state index in [2.05, 4.69) is 10.1 Å².